The van der Waals surface area contributed by atoms with E-state index in [0.29, 0.717) is 28.2 Å². The van der Waals surface area contributed by atoms with Gasteiger partial charge in [0.2, 0.25) is 5.95 Å². The number of sulfonamides is 1. The van der Waals surface area contributed by atoms with Crippen LogP contribution in [0.15, 0.2) is 58.6 Å². The van der Waals surface area contributed by atoms with Crippen molar-refractivity contribution in [2.75, 3.05) is 11.8 Å². The predicted octanol–water partition coefficient (Wildman–Crippen LogP) is 4.05. The van der Waals surface area contributed by atoms with E-state index >= 15 is 0 Å². The fourth-order valence-corrected chi connectivity index (χ4v) is 4.74. The molecule has 2 aromatic carbocycles. The molecule has 0 aliphatic carbocycles. The van der Waals surface area contributed by atoms with Crippen LogP contribution in [0.2, 0.25) is 5.02 Å². The van der Waals surface area contributed by atoms with Crippen molar-refractivity contribution in [2.45, 2.75) is 29.3 Å². The molecule has 0 bridgehead atoms. The molecule has 3 aromatic rings. The highest BCUT2D eigenvalue weighted by Gasteiger charge is 2.20. The summed E-state index contributed by atoms with van der Waals surface area (Å²) in [5.74, 6) is 1.34. The molecule has 148 valence electrons. The molecule has 1 aromatic heterocycles. The molecule has 0 amide bonds. The number of nitrogens with zero attached hydrogens (tertiary/aromatic N) is 3. The van der Waals surface area contributed by atoms with E-state index in [4.69, 9.17) is 16.3 Å². The summed E-state index contributed by atoms with van der Waals surface area (Å²) in [6.07, 6.45) is 0. The third-order valence-corrected chi connectivity index (χ3v) is 6.67. The molecule has 0 aliphatic heterocycles. The maximum atomic E-state index is 12.6. The zero-order chi connectivity index (χ0) is 20.1. The molecular weight excluding hydrogens is 420 g/mol. The van der Waals surface area contributed by atoms with Crippen LogP contribution in [0.5, 0.6) is 5.75 Å². The van der Waals surface area contributed by atoms with Gasteiger partial charge in [-0.25, -0.2) is 13.1 Å². The number of benzene rings is 2. The molecule has 0 saturated heterocycles. The number of ether oxygens (including phenoxy) is 1. The molecule has 1 heterocycles. The molecule has 0 spiro atoms. The van der Waals surface area contributed by atoms with Crippen LogP contribution in [0, 0.1) is 0 Å². The Bertz CT molecular complexity index is 1050. The molecular formula is C18H19ClN4O3S2. The normalized spacial score (nSPS) is 11.4. The second-order valence-electron chi connectivity index (χ2n) is 5.71. The van der Waals surface area contributed by atoms with Gasteiger partial charge in [-0.15, -0.1) is 10.2 Å². The fraction of sp³-hybridized carbons (Fsp3) is 0.222. The summed E-state index contributed by atoms with van der Waals surface area (Å²) in [5.41, 5.74) is 0.972. The lowest BCUT2D eigenvalue weighted by molar-refractivity contribution is 0.414. The van der Waals surface area contributed by atoms with Gasteiger partial charge in [0.1, 0.15) is 5.75 Å². The van der Waals surface area contributed by atoms with E-state index in [1.54, 1.807) is 16.7 Å². The molecule has 0 radical (unpaired) electrons. The molecule has 0 atom stereocenters. The Morgan fingerprint density at radius 3 is 2.50 bits per heavy atom. The van der Waals surface area contributed by atoms with E-state index in [9.17, 15) is 8.42 Å². The maximum Gasteiger partial charge on any atom is 0.264 e. The molecule has 10 heteroatoms. The van der Waals surface area contributed by atoms with Crippen LogP contribution in [0.4, 0.5) is 5.95 Å². The summed E-state index contributed by atoms with van der Waals surface area (Å²) in [4.78, 5) is 0.115. The average molecular weight is 439 g/mol. The van der Waals surface area contributed by atoms with Crippen LogP contribution in [0.25, 0.3) is 0 Å². The lowest BCUT2D eigenvalue weighted by Gasteiger charge is -2.10. The van der Waals surface area contributed by atoms with Gasteiger partial charge in [0.15, 0.2) is 5.16 Å². The lowest BCUT2D eigenvalue weighted by Crippen LogP contribution is -2.16. The molecule has 3 rings (SSSR count). The molecule has 0 aliphatic rings. The highest BCUT2D eigenvalue weighted by molar-refractivity contribution is 7.98. The highest BCUT2D eigenvalue weighted by atomic mass is 35.5. The quantitative estimate of drug-likeness (QED) is 0.534. The van der Waals surface area contributed by atoms with E-state index in [1.807, 2.05) is 31.2 Å². The number of rotatable bonds is 8. The van der Waals surface area contributed by atoms with Crippen LogP contribution >= 0.6 is 23.4 Å². The van der Waals surface area contributed by atoms with E-state index < -0.39 is 10.0 Å². The molecule has 0 fully saturated rings. The van der Waals surface area contributed by atoms with Crippen molar-refractivity contribution in [3.63, 3.8) is 0 Å². The van der Waals surface area contributed by atoms with Gasteiger partial charge in [-0.3, -0.25) is 4.57 Å². The Kier molecular flexibility index (Phi) is 6.48. The Balaban J connectivity index is 1.78. The van der Waals surface area contributed by atoms with Crippen molar-refractivity contribution < 1.29 is 13.2 Å². The Hall–Kier alpha value is -2.23. The summed E-state index contributed by atoms with van der Waals surface area (Å²) in [5, 5.41) is 9.42. The summed E-state index contributed by atoms with van der Waals surface area (Å²) in [6.45, 7) is 2.41. The third kappa shape index (κ3) is 4.60. The largest absolute Gasteiger partial charge is 0.497 e. The van der Waals surface area contributed by atoms with Crippen molar-refractivity contribution in [2.24, 2.45) is 0 Å². The van der Waals surface area contributed by atoms with Gasteiger partial charge in [-0.2, -0.15) is 0 Å². The summed E-state index contributed by atoms with van der Waals surface area (Å²) in [7, 11) is -2.27. The number of hydrogen-bond donors (Lipinski definition) is 1. The highest BCUT2D eigenvalue weighted by Crippen LogP contribution is 2.27. The zero-order valence-electron chi connectivity index (χ0n) is 15.3. The molecule has 7 nitrogen and oxygen atoms in total. The van der Waals surface area contributed by atoms with Gasteiger partial charge in [0, 0.05) is 17.3 Å². The standard InChI is InChI=1S/C18H19ClN4O3S2/c1-3-23-17(22-28(24,25)15-10-8-14(26-2)9-11-15)20-21-18(23)27-12-13-6-4-5-7-16(13)19/h4-11H,3,12H2,1-2H3,(H,20,22). The fourth-order valence-electron chi connectivity index (χ4n) is 2.45. The van der Waals surface area contributed by atoms with E-state index in [1.165, 1.54) is 31.0 Å². The van der Waals surface area contributed by atoms with E-state index in [0.717, 1.165) is 5.56 Å². The second-order valence-corrected chi connectivity index (χ2v) is 8.74. The predicted molar refractivity (Wildman–Crippen MR) is 111 cm³/mol. The van der Waals surface area contributed by atoms with Crippen molar-refractivity contribution in [3.05, 3.63) is 59.1 Å². The van der Waals surface area contributed by atoms with Gasteiger partial charge in [0.05, 0.1) is 12.0 Å². The number of aromatic nitrogens is 3. The van der Waals surface area contributed by atoms with E-state index in [2.05, 4.69) is 14.9 Å². The number of thioether (sulfide) groups is 1. The smallest absolute Gasteiger partial charge is 0.264 e. The first kappa shape index (κ1) is 20.5. The van der Waals surface area contributed by atoms with Crippen molar-refractivity contribution in [3.8, 4) is 5.75 Å². The first-order chi connectivity index (χ1) is 13.4. The topological polar surface area (TPSA) is 86.1 Å². The minimum absolute atomic E-state index is 0.115. The number of halogens is 1. The lowest BCUT2D eigenvalue weighted by atomic mass is 10.2. The van der Waals surface area contributed by atoms with E-state index in [-0.39, 0.29) is 10.8 Å². The summed E-state index contributed by atoms with van der Waals surface area (Å²) >= 11 is 7.63. The second kappa shape index (κ2) is 8.85. The van der Waals surface area contributed by atoms with Gasteiger partial charge in [-0.1, -0.05) is 41.6 Å². The minimum Gasteiger partial charge on any atom is -0.497 e. The SMILES string of the molecule is CCn1c(NS(=O)(=O)c2ccc(OC)cc2)nnc1SCc1ccccc1Cl. The number of hydrogen-bond acceptors (Lipinski definition) is 6. The van der Waals surface area contributed by atoms with Gasteiger partial charge >= 0.3 is 0 Å². The first-order valence-electron chi connectivity index (χ1n) is 8.41. The van der Waals surface area contributed by atoms with Gasteiger partial charge in [-0.05, 0) is 42.8 Å². The molecule has 0 saturated carbocycles. The van der Waals surface area contributed by atoms with Crippen molar-refractivity contribution >= 4 is 39.3 Å². The zero-order valence-corrected chi connectivity index (χ0v) is 17.7. The van der Waals surface area contributed by atoms with Crippen LogP contribution in [-0.4, -0.2) is 30.3 Å². The number of anilines is 1. The van der Waals surface area contributed by atoms with Crippen LogP contribution in [0.3, 0.4) is 0 Å². The van der Waals surface area contributed by atoms with Crippen LogP contribution in [-0.2, 0) is 22.3 Å². The molecule has 28 heavy (non-hydrogen) atoms. The monoisotopic (exact) mass is 438 g/mol. The molecule has 0 unspecified atom stereocenters. The Labute approximate surface area is 173 Å². The average Bonchev–Trinajstić information content (AvgIpc) is 3.08. The maximum absolute atomic E-state index is 12.6. The van der Waals surface area contributed by atoms with Crippen molar-refractivity contribution in [1.82, 2.24) is 14.8 Å². The summed E-state index contributed by atoms with van der Waals surface area (Å²) < 4.78 is 34.6. The molecule has 1 N–H and O–H groups in total. The third-order valence-electron chi connectivity index (χ3n) is 3.94. The van der Waals surface area contributed by atoms with Crippen LogP contribution in [0.1, 0.15) is 12.5 Å². The number of methoxy groups -OCH3 is 1. The summed E-state index contributed by atoms with van der Waals surface area (Å²) in [6, 6.07) is 13.7. The van der Waals surface area contributed by atoms with Crippen molar-refractivity contribution in [1.29, 1.82) is 0 Å². The number of nitrogens with one attached hydrogen (secondary N) is 1. The van der Waals surface area contributed by atoms with Crippen LogP contribution < -0.4 is 9.46 Å². The Morgan fingerprint density at radius 1 is 1.14 bits per heavy atom. The van der Waals surface area contributed by atoms with Gasteiger partial charge < -0.3 is 4.74 Å². The Morgan fingerprint density at radius 2 is 1.86 bits per heavy atom. The van der Waals surface area contributed by atoms with Gasteiger partial charge in [0.25, 0.3) is 10.0 Å². The first-order valence-corrected chi connectivity index (χ1v) is 11.3. The minimum atomic E-state index is -3.79.